The molecule has 2 unspecified atom stereocenters. The van der Waals surface area contributed by atoms with Crippen LogP contribution in [0, 0.1) is 5.92 Å². The van der Waals surface area contributed by atoms with Gasteiger partial charge in [0.15, 0.2) is 0 Å². The van der Waals surface area contributed by atoms with E-state index in [4.69, 9.17) is 0 Å². The molecule has 1 saturated heterocycles. The van der Waals surface area contributed by atoms with Gasteiger partial charge in [-0.15, -0.1) is 0 Å². The molecule has 0 aromatic carbocycles. The molecule has 1 aromatic heterocycles. The Hall–Kier alpha value is -1.91. The van der Waals surface area contributed by atoms with Gasteiger partial charge in [0.1, 0.15) is 5.92 Å². The summed E-state index contributed by atoms with van der Waals surface area (Å²) in [6.07, 6.45) is 3.32. The van der Waals surface area contributed by atoms with Crippen LogP contribution in [-0.4, -0.2) is 30.5 Å². The van der Waals surface area contributed by atoms with Gasteiger partial charge in [0.25, 0.3) is 0 Å². The molecule has 1 aromatic rings. The number of nitrogens with one attached hydrogen (secondary N) is 1. The van der Waals surface area contributed by atoms with Crippen LogP contribution in [0.5, 0.6) is 0 Å². The van der Waals surface area contributed by atoms with Crippen LogP contribution in [0.2, 0.25) is 0 Å². The van der Waals surface area contributed by atoms with Crippen LogP contribution in [-0.2, 0) is 14.3 Å². The molecule has 0 saturated carbocycles. The van der Waals surface area contributed by atoms with E-state index in [2.05, 4.69) is 15.0 Å². The van der Waals surface area contributed by atoms with E-state index < -0.39 is 11.9 Å². The number of aromatic nitrogens is 1. The highest BCUT2D eigenvalue weighted by atomic mass is 16.5. The van der Waals surface area contributed by atoms with E-state index in [9.17, 15) is 9.59 Å². The third-order valence-electron chi connectivity index (χ3n) is 2.75. The Morgan fingerprint density at radius 2 is 2.44 bits per heavy atom. The summed E-state index contributed by atoms with van der Waals surface area (Å²) in [5, 5.41) is 2.67. The number of methoxy groups -OCH3 is 1. The minimum Gasteiger partial charge on any atom is -0.468 e. The third-order valence-corrected chi connectivity index (χ3v) is 2.75. The number of hydrogen-bond donors (Lipinski definition) is 1. The maximum Gasteiger partial charge on any atom is 0.318 e. The van der Waals surface area contributed by atoms with Gasteiger partial charge in [-0.3, -0.25) is 14.6 Å². The molecule has 0 spiro atoms. The minimum atomic E-state index is -0.755. The Morgan fingerprint density at radius 3 is 3.06 bits per heavy atom. The highest BCUT2D eigenvalue weighted by molar-refractivity contribution is 6.00. The smallest absolute Gasteiger partial charge is 0.318 e. The highest BCUT2D eigenvalue weighted by Crippen LogP contribution is 2.29. The summed E-state index contributed by atoms with van der Waals surface area (Å²) < 4.78 is 4.64. The molecule has 1 N–H and O–H groups in total. The van der Waals surface area contributed by atoms with Gasteiger partial charge < -0.3 is 10.1 Å². The number of hydrogen-bond acceptors (Lipinski definition) is 4. The van der Waals surface area contributed by atoms with Gasteiger partial charge in [-0.05, 0) is 11.6 Å². The highest BCUT2D eigenvalue weighted by Gasteiger charge is 2.41. The lowest BCUT2D eigenvalue weighted by molar-refractivity contribution is -0.149. The van der Waals surface area contributed by atoms with Crippen molar-refractivity contribution >= 4 is 11.9 Å². The summed E-state index contributed by atoms with van der Waals surface area (Å²) in [6, 6.07) is 3.64. The van der Waals surface area contributed by atoms with Crippen molar-refractivity contribution in [3.8, 4) is 0 Å². The fraction of sp³-hybridized carbons (Fsp3) is 0.364. The molecular weight excluding hydrogens is 208 g/mol. The topological polar surface area (TPSA) is 68.3 Å². The van der Waals surface area contributed by atoms with Crippen LogP contribution in [0.1, 0.15) is 11.5 Å². The van der Waals surface area contributed by atoms with Crippen LogP contribution in [0.4, 0.5) is 0 Å². The maximum absolute atomic E-state index is 11.5. The number of esters is 1. The zero-order chi connectivity index (χ0) is 11.5. The Bertz CT molecular complexity index is 405. The molecule has 1 aliphatic rings. The van der Waals surface area contributed by atoms with E-state index in [1.165, 1.54) is 7.11 Å². The average molecular weight is 220 g/mol. The first kappa shape index (κ1) is 10.6. The van der Waals surface area contributed by atoms with Crippen molar-refractivity contribution in [1.29, 1.82) is 0 Å². The summed E-state index contributed by atoms with van der Waals surface area (Å²) in [5.41, 5.74) is 0.872. The second-order valence-corrected chi connectivity index (χ2v) is 3.64. The lowest BCUT2D eigenvalue weighted by Crippen LogP contribution is -2.28. The molecule has 5 nitrogen and oxygen atoms in total. The number of amides is 1. The van der Waals surface area contributed by atoms with Crippen molar-refractivity contribution < 1.29 is 14.3 Å². The Morgan fingerprint density at radius 1 is 1.62 bits per heavy atom. The lowest BCUT2D eigenvalue weighted by Gasteiger charge is -2.14. The molecule has 0 bridgehead atoms. The van der Waals surface area contributed by atoms with Crippen LogP contribution in [0.15, 0.2) is 24.5 Å². The number of nitrogens with zero attached hydrogens (tertiary/aromatic N) is 1. The molecule has 1 aliphatic heterocycles. The largest absolute Gasteiger partial charge is 0.468 e. The summed E-state index contributed by atoms with van der Waals surface area (Å²) in [7, 11) is 1.29. The van der Waals surface area contributed by atoms with Gasteiger partial charge in [-0.1, -0.05) is 6.07 Å². The van der Waals surface area contributed by atoms with Crippen LogP contribution >= 0.6 is 0 Å². The third kappa shape index (κ3) is 1.76. The second-order valence-electron chi connectivity index (χ2n) is 3.64. The number of rotatable bonds is 2. The van der Waals surface area contributed by atoms with Crippen molar-refractivity contribution in [3.05, 3.63) is 30.1 Å². The lowest BCUT2D eigenvalue weighted by atomic mass is 9.89. The van der Waals surface area contributed by atoms with Crippen LogP contribution in [0.3, 0.4) is 0 Å². The Kier molecular flexibility index (Phi) is 2.85. The molecule has 2 rings (SSSR count). The average Bonchev–Trinajstić information content (AvgIpc) is 2.71. The predicted molar refractivity (Wildman–Crippen MR) is 55.5 cm³/mol. The van der Waals surface area contributed by atoms with Crippen LogP contribution < -0.4 is 5.32 Å². The summed E-state index contributed by atoms with van der Waals surface area (Å²) in [4.78, 5) is 27.0. The van der Waals surface area contributed by atoms with Gasteiger partial charge in [-0.25, -0.2) is 0 Å². The number of pyridine rings is 1. The molecule has 2 heterocycles. The van der Waals surface area contributed by atoms with E-state index in [0.29, 0.717) is 6.54 Å². The zero-order valence-electron chi connectivity index (χ0n) is 8.84. The zero-order valence-corrected chi connectivity index (χ0v) is 8.84. The maximum atomic E-state index is 11.5. The minimum absolute atomic E-state index is 0.186. The van der Waals surface area contributed by atoms with Crippen molar-refractivity contribution in [2.75, 3.05) is 13.7 Å². The van der Waals surface area contributed by atoms with Gasteiger partial charge in [0, 0.05) is 24.9 Å². The fourth-order valence-corrected chi connectivity index (χ4v) is 1.92. The first-order valence-electron chi connectivity index (χ1n) is 4.99. The van der Waals surface area contributed by atoms with E-state index in [-0.39, 0.29) is 11.8 Å². The first-order valence-corrected chi connectivity index (χ1v) is 4.99. The van der Waals surface area contributed by atoms with E-state index in [1.807, 2.05) is 6.07 Å². The quantitative estimate of drug-likeness (QED) is 0.566. The fourth-order valence-electron chi connectivity index (χ4n) is 1.92. The molecule has 16 heavy (non-hydrogen) atoms. The molecule has 0 radical (unpaired) electrons. The SMILES string of the molecule is COC(=O)C1C(=O)NCC1c1cccnc1. The van der Waals surface area contributed by atoms with Crippen molar-refractivity contribution in [1.82, 2.24) is 10.3 Å². The normalized spacial score (nSPS) is 23.9. The predicted octanol–water partition coefficient (Wildman–Crippen LogP) is 0.0842. The number of carbonyl (C=O) groups is 2. The van der Waals surface area contributed by atoms with Gasteiger partial charge in [-0.2, -0.15) is 0 Å². The Balaban J connectivity index is 2.28. The van der Waals surface area contributed by atoms with Crippen molar-refractivity contribution in [2.45, 2.75) is 5.92 Å². The molecule has 84 valence electrons. The van der Waals surface area contributed by atoms with E-state index >= 15 is 0 Å². The van der Waals surface area contributed by atoms with E-state index in [1.54, 1.807) is 18.5 Å². The number of carbonyl (C=O) groups excluding carboxylic acids is 2. The van der Waals surface area contributed by atoms with Gasteiger partial charge in [0.2, 0.25) is 5.91 Å². The molecule has 1 fully saturated rings. The Labute approximate surface area is 92.8 Å². The first-order chi connectivity index (χ1) is 7.74. The standard InChI is InChI=1S/C11H12N2O3/c1-16-11(15)9-8(6-13-10(9)14)7-3-2-4-12-5-7/h2-5,8-9H,6H2,1H3,(H,13,14). The molecular formula is C11H12N2O3. The summed E-state index contributed by atoms with van der Waals surface area (Å²) in [6.45, 7) is 0.449. The molecule has 2 atom stereocenters. The second kappa shape index (κ2) is 4.30. The molecule has 0 aliphatic carbocycles. The van der Waals surface area contributed by atoms with Gasteiger partial charge in [0.05, 0.1) is 7.11 Å². The van der Waals surface area contributed by atoms with E-state index in [0.717, 1.165) is 5.56 Å². The summed E-state index contributed by atoms with van der Waals surface area (Å²) >= 11 is 0. The number of ether oxygens (including phenoxy) is 1. The van der Waals surface area contributed by atoms with Crippen molar-refractivity contribution in [2.24, 2.45) is 5.92 Å². The molecule has 5 heteroatoms. The van der Waals surface area contributed by atoms with Crippen molar-refractivity contribution in [3.63, 3.8) is 0 Å². The van der Waals surface area contributed by atoms with Crippen LogP contribution in [0.25, 0.3) is 0 Å². The van der Waals surface area contributed by atoms with Gasteiger partial charge >= 0.3 is 5.97 Å². The monoisotopic (exact) mass is 220 g/mol. The molecule has 1 amide bonds. The summed E-state index contributed by atoms with van der Waals surface area (Å²) in [5.74, 6) is -1.72.